The Morgan fingerprint density at radius 3 is 2.48 bits per heavy atom. The first-order chi connectivity index (χ1) is 14.8. The molecule has 3 aromatic carbocycles. The number of esters is 1. The molecule has 0 amide bonds. The molecule has 0 atom stereocenters. The zero-order valence-electron chi connectivity index (χ0n) is 16.8. The van der Waals surface area contributed by atoms with Gasteiger partial charge in [0.25, 0.3) is 0 Å². The second kappa shape index (κ2) is 9.98. The maximum absolute atomic E-state index is 14.7. The Balaban J connectivity index is 1.97. The number of hydrogen-bond acceptors (Lipinski definition) is 4. The van der Waals surface area contributed by atoms with Crippen molar-refractivity contribution >= 4 is 40.5 Å². The van der Waals surface area contributed by atoms with Crippen molar-refractivity contribution in [1.82, 2.24) is 0 Å². The molecule has 3 aromatic rings. The van der Waals surface area contributed by atoms with Gasteiger partial charge >= 0.3 is 5.97 Å². The number of hydrogen-bond donors (Lipinski definition) is 0. The standard InChI is InChI=1S/C23H19Cl2F2NO3/c1-3-30-21(29)13-31-20-10-8-17(24)23(22(20)25)28(2)19-12-15(7-9-18(19)27)14-5-4-6-16(26)11-14/h4-12H,3,13H2,1-2H3. The summed E-state index contributed by atoms with van der Waals surface area (Å²) in [5.74, 6) is -1.26. The number of nitrogens with zero attached hydrogens (tertiary/aromatic N) is 1. The lowest BCUT2D eigenvalue weighted by Gasteiger charge is -2.24. The van der Waals surface area contributed by atoms with E-state index in [0.29, 0.717) is 16.8 Å². The number of ether oxygens (including phenoxy) is 2. The predicted molar refractivity (Wildman–Crippen MR) is 118 cm³/mol. The van der Waals surface area contributed by atoms with Crippen LogP contribution in [0, 0.1) is 11.6 Å². The van der Waals surface area contributed by atoms with Crippen LogP contribution in [-0.4, -0.2) is 26.2 Å². The van der Waals surface area contributed by atoms with E-state index in [-0.39, 0.29) is 34.7 Å². The number of carbonyl (C=O) groups is 1. The van der Waals surface area contributed by atoms with Crippen LogP contribution in [-0.2, 0) is 9.53 Å². The zero-order valence-corrected chi connectivity index (χ0v) is 18.3. The van der Waals surface area contributed by atoms with Gasteiger partial charge in [0.15, 0.2) is 6.61 Å². The lowest BCUT2D eigenvalue weighted by molar-refractivity contribution is -0.145. The van der Waals surface area contributed by atoms with Crippen molar-refractivity contribution in [3.05, 3.63) is 76.3 Å². The van der Waals surface area contributed by atoms with Gasteiger partial charge in [-0.2, -0.15) is 0 Å². The fourth-order valence-corrected chi connectivity index (χ4v) is 3.70. The van der Waals surface area contributed by atoms with E-state index in [1.165, 1.54) is 35.2 Å². The van der Waals surface area contributed by atoms with Crippen molar-refractivity contribution in [3.8, 4) is 16.9 Å². The first-order valence-corrected chi connectivity index (χ1v) is 10.1. The minimum atomic E-state index is -0.544. The monoisotopic (exact) mass is 465 g/mol. The van der Waals surface area contributed by atoms with Crippen molar-refractivity contribution in [2.45, 2.75) is 6.92 Å². The molecular weight excluding hydrogens is 447 g/mol. The Kier molecular flexibility index (Phi) is 7.36. The molecule has 0 radical (unpaired) electrons. The molecule has 0 saturated heterocycles. The Morgan fingerprint density at radius 1 is 1.03 bits per heavy atom. The molecule has 8 heteroatoms. The lowest BCUT2D eigenvalue weighted by Crippen LogP contribution is -2.16. The molecule has 0 N–H and O–H groups in total. The number of rotatable bonds is 7. The first-order valence-electron chi connectivity index (χ1n) is 9.37. The normalized spacial score (nSPS) is 10.6. The van der Waals surface area contributed by atoms with E-state index < -0.39 is 17.6 Å². The van der Waals surface area contributed by atoms with Crippen molar-refractivity contribution in [1.29, 1.82) is 0 Å². The van der Waals surface area contributed by atoms with Crippen LogP contribution in [0.5, 0.6) is 5.75 Å². The summed E-state index contributed by atoms with van der Waals surface area (Å²) in [5, 5.41) is 0.362. The van der Waals surface area contributed by atoms with Gasteiger partial charge < -0.3 is 14.4 Å². The van der Waals surface area contributed by atoms with Crippen molar-refractivity contribution in [2.24, 2.45) is 0 Å². The van der Waals surface area contributed by atoms with Gasteiger partial charge in [0.2, 0.25) is 0 Å². The molecule has 0 heterocycles. The quantitative estimate of drug-likeness (QED) is 0.366. The Bertz CT molecular complexity index is 1110. The maximum atomic E-state index is 14.7. The number of halogens is 4. The molecular formula is C23H19Cl2F2NO3. The van der Waals surface area contributed by atoms with Crippen molar-refractivity contribution in [2.75, 3.05) is 25.2 Å². The van der Waals surface area contributed by atoms with Gasteiger partial charge in [-0.25, -0.2) is 13.6 Å². The highest BCUT2D eigenvalue weighted by Gasteiger charge is 2.20. The molecule has 162 valence electrons. The average Bonchev–Trinajstić information content (AvgIpc) is 2.73. The van der Waals surface area contributed by atoms with Gasteiger partial charge in [-0.05, 0) is 54.4 Å². The smallest absolute Gasteiger partial charge is 0.344 e. The fourth-order valence-electron chi connectivity index (χ4n) is 3.02. The topological polar surface area (TPSA) is 38.8 Å². The molecule has 0 spiro atoms. The van der Waals surface area contributed by atoms with Gasteiger partial charge in [0.05, 0.1) is 23.0 Å². The van der Waals surface area contributed by atoms with E-state index in [9.17, 15) is 13.6 Å². The maximum Gasteiger partial charge on any atom is 0.344 e. The summed E-state index contributed by atoms with van der Waals surface area (Å²) in [7, 11) is 1.59. The largest absolute Gasteiger partial charge is 0.480 e. The molecule has 0 unspecified atom stereocenters. The first kappa shape index (κ1) is 22.8. The molecule has 0 aliphatic heterocycles. The second-order valence-electron chi connectivity index (χ2n) is 6.54. The van der Waals surface area contributed by atoms with Crippen LogP contribution in [0.2, 0.25) is 10.0 Å². The van der Waals surface area contributed by atoms with Crippen LogP contribution < -0.4 is 9.64 Å². The Morgan fingerprint density at radius 2 is 1.77 bits per heavy atom. The molecule has 0 bridgehead atoms. The summed E-state index contributed by atoms with van der Waals surface area (Å²) < 4.78 is 38.6. The molecule has 0 aromatic heterocycles. The molecule has 4 nitrogen and oxygen atoms in total. The Hall–Kier alpha value is -2.83. The minimum absolute atomic E-state index is 0.106. The highest BCUT2D eigenvalue weighted by atomic mass is 35.5. The van der Waals surface area contributed by atoms with Crippen LogP contribution in [0.4, 0.5) is 20.2 Å². The van der Waals surface area contributed by atoms with Gasteiger partial charge in [-0.15, -0.1) is 0 Å². The van der Waals surface area contributed by atoms with Gasteiger partial charge in [0.1, 0.15) is 22.4 Å². The third-order valence-corrected chi connectivity index (χ3v) is 5.15. The van der Waals surface area contributed by atoms with E-state index in [0.717, 1.165) is 0 Å². The summed E-state index contributed by atoms with van der Waals surface area (Å²) in [6, 6.07) is 13.5. The summed E-state index contributed by atoms with van der Waals surface area (Å²) in [5.41, 5.74) is 1.68. The van der Waals surface area contributed by atoms with E-state index in [4.69, 9.17) is 32.7 Å². The predicted octanol–water partition coefficient (Wildman–Crippen LogP) is 6.65. The van der Waals surface area contributed by atoms with Gasteiger partial charge in [0, 0.05) is 7.05 Å². The third kappa shape index (κ3) is 5.27. The summed E-state index contributed by atoms with van der Waals surface area (Å²) >= 11 is 12.8. The van der Waals surface area contributed by atoms with Crippen LogP contribution in [0.15, 0.2) is 54.6 Å². The SMILES string of the molecule is CCOC(=O)COc1ccc(Cl)c(N(C)c2cc(-c3cccc(F)c3)ccc2F)c1Cl. The van der Waals surface area contributed by atoms with Gasteiger partial charge in [-0.3, -0.25) is 0 Å². The molecule has 0 fully saturated rings. The molecule has 0 saturated carbocycles. The summed E-state index contributed by atoms with van der Waals surface area (Å²) in [6.45, 7) is 1.58. The molecule has 0 aliphatic rings. The van der Waals surface area contributed by atoms with Crippen LogP contribution in [0.25, 0.3) is 11.1 Å². The average molecular weight is 466 g/mol. The van der Waals surface area contributed by atoms with Crippen molar-refractivity contribution in [3.63, 3.8) is 0 Å². The minimum Gasteiger partial charge on any atom is -0.480 e. The van der Waals surface area contributed by atoms with Gasteiger partial charge in [-0.1, -0.05) is 41.4 Å². The molecule has 0 aliphatic carbocycles. The number of carbonyl (C=O) groups excluding carboxylic acids is 1. The highest BCUT2D eigenvalue weighted by molar-refractivity contribution is 6.40. The van der Waals surface area contributed by atoms with E-state index in [1.807, 2.05) is 0 Å². The van der Waals surface area contributed by atoms with Crippen LogP contribution >= 0.6 is 23.2 Å². The number of anilines is 2. The molecule has 31 heavy (non-hydrogen) atoms. The number of benzene rings is 3. The van der Waals surface area contributed by atoms with E-state index >= 15 is 0 Å². The summed E-state index contributed by atoms with van der Waals surface area (Å²) in [4.78, 5) is 13.0. The third-order valence-electron chi connectivity index (χ3n) is 4.48. The van der Waals surface area contributed by atoms with Crippen LogP contribution in [0.3, 0.4) is 0 Å². The summed E-state index contributed by atoms with van der Waals surface area (Å²) in [6.07, 6.45) is 0. The highest BCUT2D eigenvalue weighted by Crippen LogP contribution is 2.43. The Labute approximate surface area is 188 Å². The fraction of sp³-hybridized carbons (Fsp3) is 0.174. The second-order valence-corrected chi connectivity index (χ2v) is 7.32. The van der Waals surface area contributed by atoms with E-state index in [2.05, 4.69) is 0 Å². The lowest BCUT2D eigenvalue weighted by atomic mass is 10.0. The zero-order chi connectivity index (χ0) is 22.5. The van der Waals surface area contributed by atoms with Crippen molar-refractivity contribution < 1.29 is 23.0 Å². The van der Waals surface area contributed by atoms with E-state index in [1.54, 1.807) is 38.2 Å². The van der Waals surface area contributed by atoms with Crippen LogP contribution in [0.1, 0.15) is 6.92 Å². The molecule has 3 rings (SSSR count).